The van der Waals surface area contributed by atoms with Crippen molar-refractivity contribution in [3.63, 3.8) is 0 Å². The second-order valence-electron chi connectivity index (χ2n) is 6.44. The number of amides is 1. The van der Waals surface area contributed by atoms with Crippen LogP contribution in [0.15, 0.2) is 43.0 Å². The lowest BCUT2D eigenvalue weighted by Gasteiger charge is -2.16. The summed E-state index contributed by atoms with van der Waals surface area (Å²) in [7, 11) is 0. The number of pyridine rings is 2. The van der Waals surface area contributed by atoms with Gasteiger partial charge in [-0.2, -0.15) is 0 Å². The number of aromatic nitrogens is 3. The maximum Gasteiger partial charge on any atom is 0.251 e. The minimum atomic E-state index is -0.140. The Hall–Kier alpha value is -2.93. The first-order chi connectivity index (χ1) is 12.7. The average molecular weight is 351 g/mol. The van der Waals surface area contributed by atoms with Gasteiger partial charge >= 0.3 is 0 Å². The third-order valence-corrected chi connectivity index (χ3v) is 4.58. The zero-order valence-electron chi connectivity index (χ0n) is 14.6. The molecule has 3 aromatic heterocycles. The standard InChI is InChI=1S/C19H21N5O2/c1-13-9-22-18-8-14(4-7-24(13)18)19(25)23-10-15-2-5-21-12-17(15)26-16-3-6-20-11-16/h2,4-5,7-9,12,16,20H,3,6,10-11H2,1H3,(H,23,25)/t16-/m0/s1. The molecule has 1 saturated heterocycles. The number of nitrogens with zero attached hydrogens (tertiary/aromatic N) is 3. The highest BCUT2D eigenvalue weighted by molar-refractivity contribution is 5.95. The van der Waals surface area contributed by atoms with Gasteiger partial charge in [-0.3, -0.25) is 9.78 Å². The van der Waals surface area contributed by atoms with Gasteiger partial charge in [0.2, 0.25) is 0 Å². The number of nitrogens with one attached hydrogen (secondary N) is 2. The molecule has 7 heteroatoms. The zero-order chi connectivity index (χ0) is 17.9. The normalized spacial score (nSPS) is 16.7. The lowest BCUT2D eigenvalue weighted by atomic mass is 10.2. The Morgan fingerprint density at radius 3 is 3.19 bits per heavy atom. The number of ether oxygens (including phenoxy) is 1. The van der Waals surface area contributed by atoms with Gasteiger partial charge in [0.15, 0.2) is 0 Å². The van der Waals surface area contributed by atoms with Crippen LogP contribution >= 0.6 is 0 Å². The summed E-state index contributed by atoms with van der Waals surface area (Å²) in [6, 6.07) is 5.46. The highest BCUT2D eigenvalue weighted by Gasteiger charge is 2.18. The smallest absolute Gasteiger partial charge is 0.251 e. The fourth-order valence-electron chi connectivity index (χ4n) is 3.10. The van der Waals surface area contributed by atoms with Crippen molar-refractivity contribution in [2.75, 3.05) is 13.1 Å². The molecule has 1 atom stereocenters. The molecule has 0 aromatic carbocycles. The monoisotopic (exact) mass is 351 g/mol. The van der Waals surface area contributed by atoms with Gasteiger partial charge in [-0.1, -0.05) is 0 Å². The number of carbonyl (C=O) groups excluding carboxylic acids is 1. The molecule has 0 saturated carbocycles. The molecule has 1 aliphatic rings. The molecule has 3 aromatic rings. The predicted octanol–water partition coefficient (Wildman–Crippen LogP) is 1.71. The summed E-state index contributed by atoms with van der Waals surface area (Å²) < 4.78 is 7.96. The number of fused-ring (bicyclic) bond motifs is 1. The lowest BCUT2D eigenvalue weighted by molar-refractivity contribution is 0.0950. The Morgan fingerprint density at radius 1 is 1.42 bits per heavy atom. The van der Waals surface area contributed by atoms with E-state index in [1.54, 1.807) is 30.7 Å². The van der Waals surface area contributed by atoms with Crippen molar-refractivity contribution in [1.82, 2.24) is 25.0 Å². The van der Waals surface area contributed by atoms with E-state index in [2.05, 4.69) is 20.6 Å². The van der Waals surface area contributed by atoms with Crippen molar-refractivity contribution in [3.8, 4) is 5.75 Å². The predicted molar refractivity (Wildman–Crippen MR) is 97.2 cm³/mol. The van der Waals surface area contributed by atoms with Crippen molar-refractivity contribution in [1.29, 1.82) is 0 Å². The summed E-state index contributed by atoms with van der Waals surface area (Å²) >= 11 is 0. The van der Waals surface area contributed by atoms with Gasteiger partial charge in [-0.05, 0) is 38.1 Å². The average Bonchev–Trinajstić information content (AvgIpc) is 3.30. The van der Waals surface area contributed by atoms with Gasteiger partial charge < -0.3 is 19.8 Å². The fraction of sp³-hybridized carbons (Fsp3) is 0.316. The van der Waals surface area contributed by atoms with E-state index in [-0.39, 0.29) is 12.0 Å². The second-order valence-corrected chi connectivity index (χ2v) is 6.44. The summed E-state index contributed by atoms with van der Waals surface area (Å²) in [6.07, 6.45) is 8.19. The van der Waals surface area contributed by atoms with Gasteiger partial charge in [0.25, 0.3) is 5.91 Å². The van der Waals surface area contributed by atoms with E-state index in [0.29, 0.717) is 12.1 Å². The molecule has 7 nitrogen and oxygen atoms in total. The van der Waals surface area contributed by atoms with Crippen LogP contribution in [0.3, 0.4) is 0 Å². The molecule has 26 heavy (non-hydrogen) atoms. The number of hydrogen-bond acceptors (Lipinski definition) is 5. The van der Waals surface area contributed by atoms with E-state index >= 15 is 0 Å². The molecule has 2 N–H and O–H groups in total. The van der Waals surface area contributed by atoms with Gasteiger partial charge in [0.05, 0.1) is 6.20 Å². The van der Waals surface area contributed by atoms with E-state index in [1.807, 2.05) is 23.6 Å². The maximum absolute atomic E-state index is 12.5. The minimum absolute atomic E-state index is 0.140. The summed E-state index contributed by atoms with van der Waals surface area (Å²) in [5.74, 6) is 0.583. The number of hydrogen-bond donors (Lipinski definition) is 2. The van der Waals surface area contributed by atoms with E-state index in [0.717, 1.165) is 42.2 Å². The van der Waals surface area contributed by atoms with E-state index in [9.17, 15) is 4.79 Å². The lowest BCUT2D eigenvalue weighted by Crippen LogP contribution is -2.24. The molecule has 0 unspecified atom stereocenters. The third-order valence-electron chi connectivity index (χ3n) is 4.58. The van der Waals surface area contributed by atoms with Crippen molar-refractivity contribution >= 4 is 11.6 Å². The van der Waals surface area contributed by atoms with Crippen LogP contribution in [0, 0.1) is 6.92 Å². The van der Waals surface area contributed by atoms with E-state index in [1.165, 1.54) is 0 Å². The zero-order valence-corrected chi connectivity index (χ0v) is 14.6. The molecule has 1 aliphatic heterocycles. The van der Waals surface area contributed by atoms with Crippen LogP contribution in [0.2, 0.25) is 0 Å². The van der Waals surface area contributed by atoms with E-state index < -0.39 is 0 Å². The number of rotatable bonds is 5. The van der Waals surface area contributed by atoms with Crippen LogP contribution in [-0.4, -0.2) is 39.5 Å². The first kappa shape index (κ1) is 16.5. The fourth-order valence-corrected chi connectivity index (χ4v) is 3.10. The topological polar surface area (TPSA) is 80.5 Å². The minimum Gasteiger partial charge on any atom is -0.487 e. The number of carbonyl (C=O) groups is 1. The Bertz CT molecular complexity index is 931. The van der Waals surface area contributed by atoms with Crippen LogP contribution in [0.4, 0.5) is 0 Å². The quantitative estimate of drug-likeness (QED) is 0.731. The Labute approximate surface area is 151 Å². The van der Waals surface area contributed by atoms with Gasteiger partial charge in [-0.25, -0.2) is 4.98 Å². The SMILES string of the molecule is Cc1cnc2cc(C(=O)NCc3ccncc3O[C@H]3CCNC3)ccn12. The summed E-state index contributed by atoms with van der Waals surface area (Å²) in [6.45, 7) is 4.16. The molecule has 4 rings (SSSR count). The first-order valence-electron chi connectivity index (χ1n) is 8.73. The molecule has 0 radical (unpaired) electrons. The Morgan fingerprint density at radius 2 is 2.35 bits per heavy atom. The van der Waals surface area contributed by atoms with Gasteiger partial charge in [0.1, 0.15) is 17.5 Å². The number of aryl methyl sites for hydroxylation is 1. The van der Waals surface area contributed by atoms with Crippen LogP contribution in [0.5, 0.6) is 5.75 Å². The maximum atomic E-state index is 12.5. The molecule has 0 bridgehead atoms. The Kier molecular flexibility index (Phi) is 4.53. The molecular formula is C19H21N5O2. The molecule has 0 spiro atoms. The highest BCUT2D eigenvalue weighted by Crippen LogP contribution is 2.20. The molecule has 134 valence electrons. The molecule has 1 fully saturated rings. The molecule has 4 heterocycles. The highest BCUT2D eigenvalue weighted by atomic mass is 16.5. The largest absolute Gasteiger partial charge is 0.487 e. The summed E-state index contributed by atoms with van der Waals surface area (Å²) in [5.41, 5.74) is 3.29. The van der Waals surface area contributed by atoms with Crippen LogP contribution in [-0.2, 0) is 6.54 Å². The number of imidazole rings is 1. The van der Waals surface area contributed by atoms with Crippen LogP contribution in [0.1, 0.15) is 28.0 Å². The van der Waals surface area contributed by atoms with Crippen molar-refractivity contribution in [2.24, 2.45) is 0 Å². The molecular weight excluding hydrogens is 330 g/mol. The van der Waals surface area contributed by atoms with Crippen molar-refractivity contribution < 1.29 is 9.53 Å². The van der Waals surface area contributed by atoms with Crippen molar-refractivity contribution in [2.45, 2.75) is 26.0 Å². The molecule has 1 amide bonds. The summed E-state index contributed by atoms with van der Waals surface area (Å²) in [5, 5.41) is 6.23. The van der Waals surface area contributed by atoms with Crippen LogP contribution < -0.4 is 15.4 Å². The van der Waals surface area contributed by atoms with E-state index in [4.69, 9.17) is 4.74 Å². The Balaban J connectivity index is 1.45. The summed E-state index contributed by atoms with van der Waals surface area (Å²) in [4.78, 5) is 20.9. The van der Waals surface area contributed by atoms with Gasteiger partial charge in [0, 0.05) is 48.5 Å². The third kappa shape index (κ3) is 3.39. The molecule has 0 aliphatic carbocycles. The van der Waals surface area contributed by atoms with Crippen LogP contribution in [0.25, 0.3) is 5.65 Å². The second kappa shape index (κ2) is 7.13. The first-order valence-corrected chi connectivity index (χ1v) is 8.73. The van der Waals surface area contributed by atoms with Crippen molar-refractivity contribution in [3.05, 3.63) is 59.8 Å². The van der Waals surface area contributed by atoms with Gasteiger partial charge in [-0.15, -0.1) is 0 Å².